The maximum Gasteiger partial charge on any atom is 0.490 e. The number of furan rings is 1. The predicted octanol–water partition coefficient (Wildman–Crippen LogP) is 2.37. The number of carbonyl (C=O) groups is 1. The van der Waals surface area contributed by atoms with Crippen molar-refractivity contribution in [1.82, 2.24) is 9.88 Å². The van der Waals surface area contributed by atoms with Crippen molar-refractivity contribution >= 4 is 5.97 Å². The number of ether oxygens (including phenoxy) is 1. The van der Waals surface area contributed by atoms with Gasteiger partial charge in [-0.05, 0) is 37.0 Å². The lowest BCUT2D eigenvalue weighted by Crippen LogP contribution is -2.37. The van der Waals surface area contributed by atoms with Crippen LogP contribution in [0.2, 0.25) is 0 Å². The van der Waals surface area contributed by atoms with Gasteiger partial charge in [0.05, 0.1) is 19.4 Å². The van der Waals surface area contributed by atoms with E-state index in [1.54, 1.807) is 19.4 Å². The lowest BCUT2D eigenvalue weighted by molar-refractivity contribution is -0.192. The number of fused-ring (bicyclic) bond motifs is 1. The molecule has 2 heterocycles. The minimum Gasteiger partial charge on any atom is -0.475 e. The number of nitrogens with zero attached hydrogens (tertiary/aromatic N) is 1. The fourth-order valence-corrected chi connectivity index (χ4v) is 3.08. The number of aromatic nitrogens is 1. The van der Waals surface area contributed by atoms with Crippen molar-refractivity contribution in [2.24, 2.45) is 0 Å². The van der Waals surface area contributed by atoms with Gasteiger partial charge in [0.25, 0.3) is 5.56 Å². The van der Waals surface area contributed by atoms with Crippen molar-refractivity contribution in [3.63, 3.8) is 0 Å². The van der Waals surface area contributed by atoms with E-state index in [1.165, 1.54) is 11.3 Å². The second-order valence-corrected chi connectivity index (χ2v) is 6.49. The van der Waals surface area contributed by atoms with Crippen LogP contribution >= 0.6 is 0 Å². The topological polar surface area (TPSA) is 93.7 Å². The second kappa shape index (κ2) is 10.3. The van der Waals surface area contributed by atoms with E-state index in [-0.39, 0.29) is 5.56 Å². The van der Waals surface area contributed by atoms with Gasteiger partial charge in [0.1, 0.15) is 5.76 Å². The summed E-state index contributed by atoms with van der Waals surface area (Å²) >= 11 is 0. The Morgan fingerprint density at radius 1 is 1.38 bits per heavy atom. The summed E-state index contributed by atoms with van der Waals surface area (Å²) in [6.07, 6.45) is -0.486. The smallest absolute Gasteiger partial charge is 0.475 e. The summed E-state index contributed by atoms with van der Waals surface area (Å²) in [5.74, 6) is -1.80. The Morgan fingerprint density at radius 3 is 2.69 bits per heavy atom. The number of nitrogens with one attached hydrogen (secondary N) is 1. The zero-order chi connectivity index (χ0) is 21.4. The SMILES string of the molecule is COCCn1c2c(ccc1=O)CC(NCc1ccco1)CC2.O=C(O)C(F)(F)F. The van der Waals surface area contributed by atoms with Crippen LogP contribution < -0.4 is 10.9 Å². The minimum atomic E-state index is -5.08. The number of methoxy groups -OCH3 is 1. The van der Waals surface area contributed by atoms with Crippen LogP contribution in [0.1, 0.15) is 23.4 Å². The summed E-state index contributed by atoms with van der Waals surface area (Å²) in [5.41, 5.74) is 2.50. The average Bonchev–Trinajstić information content (AvgIpc) is 3.19. The molecule has 1 aliphatic rings. The molecule has 0 spiro atoms. The Kier molecular flexibility index (Phi) is 8.03. The number of rotatable bonds is 6. The third-order valence-corrected chi connectivity index (χ3v) is 4.49. The van der Waals surface area contributed by atoms with E-state index in [4.69, 9.17) is 19.1 Å². The molecule has 0 bridgehead atoms. The van der Waals surface area contributed by atoms with E-state index in [0.29, 0.717) is 19.2 Å². The van der Waals surface area contributed by atoms with Gasteiger partial charge in [-0.3, -0.25) is 4.79 Å². The van der Waals surface area contributed by atoms with Gasteiger partial charge in [0, 0.05) is 31.5 Å². The van der Waals surface area contributed by atoms with Crippen LogP contribution in [0.15, 0.2) is 39.7 Å². The molecule has 0 amide bonds. The van der Waals surface area contributed by atoms with E-state index in [0.717, 1.165) is 31.6 Å². The van der Waals surface area contributed by atoms with Gasteiger partial charge in [0.15, 0.2) is 0 Å². The first kappa shape index (κ1) is 22.7. The second-order valence-electron chi connectivity index (χ2n) is 6.49. The molecule has 7 nitrogen and oxygen atoms in total. The van der Waals surface area contributed by atoms with Crippen molar-refractivity contribution in [2.75, 3.05) is 13.7 Å². The number of carboxylic acid groups (broad SMARTS) is 1. The molecule has 160 valence electrons. The van der Waals surface area contributed by atoms with Gasteiger partial charge >= 0.3 is 12.1 Å². The molecule has 29 heavy (non-hydrogen) atoms. The molecule has 0 aliphatic heterocycles. The number of hydrogen-bond donors (Lipinski definition) is 2. The molecule has 10 heteroatoms. The van der Waals surface area contributed by atoms with Crippen LogP contribution in [0.3, 0.4) is 0 Å². The van der Waals surface area contributed by atoms with E-state index >= 15 is 0 Å². The standard InChI is InChI=1S/C17H22N2O3.C2HF3O2/c1-21-10-8-19-16-6-5-14(11-13(16)4-7-17(19)20)18-12-15-3-2-9-22-15;3-2(4,5)1(6)7/h2-4,7,9,14,18H,5-6,8,10-12H2,1H3;(H,6,7). The molecule has 0 saturated carbocycles. The van der Waals surface area contributed by atoms with Crippen molar-refractivity contribution < 1.29 is 32.2 Å². The third kappa shape index (κ3) is 6.75. The van der Waals surface area contributed by atoms with Crippen LogP contribution in [-0.4, -0.2) is 41.6 Å². The fraction of sp³-hybridized carbons (Fsp3) is 0.474. The Morgan fingerprint density at radius 2 is 2.10 bits per heavy atom. The Hall–Kier alpha value is -2.59. The van der Waals surface area contributed by atoms with Crippen LogP contribution in [0.25, 0.3) is 0 Å². The van der Waals surface area contributed by atoms with E-state index in [1.807, 2.05) is 22.8 Å². The summed E-state index contributed by atoms with van der Waals surface area (Å²) in [7, 11) is 1.66. The average molecular weight is 416 g/mol. The van der Waals surface area contributed by atoms with Crippen molar-refractivity contribution in [3.8, 4) is 0 Å². The molecule has 0 aromatic carbocycles. The molecular formula is C19H23F3N2O5. The molecule has 2 N–H and O–H groups in total. The minimum absolute atomic E-state index is 0.0674. The van der Waals surface area contributed by atoms with E-state index < -0.39 is 12.1 Å². The third-order valence-electron chi connectivity index (χ3n) is 4.49. The van der Waals surface area contributed by atoms with Gasteiger partial charge in [-0.2, -0.15) is 13.2 Å². The zero-order valence-electron chi connectivity index (χ0n) is 15.9. The predicted molar refractivity (Wildman–Crippen MR) is 97.6 cm³/mol. The Balaban J connectivity index is 0.000000370. The van der Waals surface area contributed by atoms with Crippen molar-refractivity contribution in [1.29, 1.82) is 0 Å². The number of pyridine rings is 1. The number of aliphatic carboxylic acids is 1. The highest BCUT2D eigenvalue weighted by Gasteiger charge is 2.38. The summed E-state index contributed by atoms with van der Waals surface area (Å²) in [6, 6.07) is 7.95. The molecule has 0 radical (unpaired) electrons. The van der Waals surface area contributed by atoms with Gasteiger partial charge in [0.2, 0.25) is 0 Å². The maximum atomic E-state index is 12.0. The van der Waals surface area contributed by atoms with Crippen LogP contribution in [0.5, 0.6) is 0 Å². The number of alkyl halides is 3. The number of halogens is 3. The fourth-order valence-electron chi connectivity index (χ4n) is 3.08. The summed E-state index contributed by atoms with van der Waals surface area (Å²) in [6.45, 7) is 1.94. The van der Waals surface area contributed by atoms with Gasteiger partial charge in [-0.15, -0.1) is 0 Å². The van der Waals surface area contributed by atoms with Gasteiger partial charge < -0.3 is 24.1 Å². The molecular weight excluding hydrogens is 393 g/mol. The molecule has 2 aromatic rings. The maximum absolute atomic E-state index is 12.0. The monoisotopic (exact) mass is 416 g/mol. The van der Waals surface area contributed by atoms with E-state index in [9.17, 15) is 18.0 Å². The molecule has 2 aromatic heterocycles. The quantitative estimate of drug-likeness (QED) is 0.751. The highest BCUT2D eigenvalue weighted by atomic mass is 19.4. The Labute approximate surface area is 165 Å². The summed E-state index contributed by atoms with van der Waals surface area (Å²) in [5, 5.41) is 10.7. The first-order valence-corrected chi connectivity index (χ1v) is 8.98. The van der Waals surface area contributed by atoms with E-state index in [2.05, 4.69) is 5.32 Å². The molecule has 1 aliphatic carbocycles. The highest BCUT2D eigenvalue weighted by molar-refractivity contribution is 5.73. The van der Waals surface area contributed by atoms with Crippen LogP contribution in [0.4, 0.5) is 13.2 Å². The lowest BCUT2D eigenvalue weighted by Gasteiger charge is -2.27. The number of carboxylic acids is 1. The summed E-state index contributed by atoms with van der Waals surface area (Å²) in [4.78, 5) is 20.9. The molecule has 1 unspecified atom stereocenters. The van der Waals surface area contributed by atoms with Crippen molar-refractivity contribution in [3.05, 3.63) is 57.9 Å². The van der Waals surface area contributed by atoms with Crippen LogP contribution in [-0.2, 0) is 35.5 Å². The molecule has 0 fully saturated rings. The highest BCUT2D eigenvalue weighted by Crippen LogP contribution is 2.20. The van der Waals surface area contributed by atoms with Gasteiger partial charge in [-0.25, -0.2) is 4.79 Å². The normalized spacial score (nSPS) is 15.9. The largest absolute Gasteiger partial charge is 0.490 e. The van der Waals surface area contributed by atoms with Crippen LogP contribution in [0, 0.1) is 0 Å². The lowest BCUT2D eigenvalue weighted by atomic mass is 9.91. The molecule has 1 atom stereocenters. The number of hydrogen-bond acceptors (Lipinski definition) is 5. The Bertz CT molecular complexity index is 847. The molecule has 0 saturated heterocycles. The van der Waals surface area contributed by atoms with Crippen molar-refractivity contribution in [2.45, 2.75) is 44.6 Å². The first-order chi connectivity index (χ1) is 13.7. The molecule has 3 rings (SSSR count). The van der Waals surface area contributed by atoms with Gasteiger partial charge in [-0.1, -0.05) is 6.07 Å². The zero-order valence-corrected chi connectivity index (χ0v) is 15.9. The first-order valence-electron chi connectivity index (χ1n) is 8.98. The summed E-state index contributed by atoms with van der Waals surface area (Å²) < 4.78 is 44.1.